The Morgan fingerprint density at radius 1 is 0.429 bits per heavy atom. The standard InChI is InChI=1S/C32H27NO2/c1-32(25-14-20-30(34)21-15-25,26-16-22-31(35)23-17-26)24-12-18-29(19-13-24)33(27-8-4-2-5-9-27)28-10-6-3-7-11-28/h2-23,34-35H,1H3. The van der Waals surface area contributed by atoms with E-state index in [1.807, 2.05) is 60.7 Å². The minimum atomic E-state index is -0.482. The van der Waals surface area contributed by atoms with Crippen LogP contribution in [0.15, 0.2) is 133 Å². The Kier molecular flexibility index (Phi) is 5.99. The van der Waals surface area contributed by atoms with Crippen molar-refractivity contribution in [3.05, 3.63) is 150 Å². The third-order valence-electron chi connectivity index (χ3n) is 6.62. The number of hydrogen-bond acceptors (Lipinski definition) is 3. The van der Waals surface area contributed by atoms with Gasteiger partial charge in [-0.1, -0.05) is 72.8 Å². The average Bonchev–Trinajstić information content (AvgIpc) is 2.91. The zero-order chi connectivity index (χ0) is 24.3. The van der Waals surface area contributed by atoms with Crippen LogP contribution in [-0.2, 0) is 5.41 Å². The Hall–Kier alpha value is -4.50. The molecule has 0 bridgehead atoms. The molecule has 3 nitrogen and oxygen atoms in total. The Balaban J connectivity index is 1.62. The molecule has 0 saturated heterocycles. The van der Waals surface area contributed by atoms with Crippen molar-refractivity contribution in [3.63, 3.8) is 0 Å². The third kappa shape index (κ3) is 4.36. The minimum absolute atomic E-state index is 0.235. The van der Waals surface area contributed by atoms with E-state index < -0.39 is 5.41 Å². The Morgan fingerprint density at radius 2 is 0.743 bits per heavy atom. The van der Waals surface area contributed by atoms with E-state index in [0.29, 0.717) is 0 Å². The normalized spacial score (nSPS) is 11.2. The van der Waals surface area contributed by atoms with E-state index in [0.717, 1.165) is 33.8 Å². The molecule has 3 heteroatoms. The van der Waals surface area contributed by atoms with Gasteiger partial charge in [0.05, 0.1) is 0 Å². The van der Waals surface area contributed by atoms with Gasteiger partial charge in [-0.3, -0.25) is 0 Å². The van der Waals surface area contributed by atoms with Crippen LogP contribution in [0.1, 0.15) is 23.6 Å². The van der Waals surface area contributed by atoms with E-state index in [2.05, 4.69) is 60.4 Å². The molecule has 5 aromatic rings. The molecule has 0 aromatic heterocycles. The first kappa shape index (κ1) is 22.3. The number of aromatic hydroxyl groups is 2. The van der Waals surface area contributed by atoms with Crippen LogP contribution in [0.2, 0.25) is 0 Å². The molecular weight excluding hydrogens is 430 g/mol. The van der Waals surface area contributed by atoms with Gasteiger partial charge in [0.2, 0.25) is 0 Å². The number of phenolic OH excluding ortho intramolecular Hbond substituents is 2. The summed E-state index contributed by atoms with van der Waals surface area (Å²) in [4.78, 5) is 2.24. The largest absolute Gasteiger partial charge is 0.508 e. The van der Waals surface area contributed by atoms with Crippen molar-refractivity contribution in [1.82, 2.24) is 0 Å². The number of rotatable bonds is 6. The van der Waals surface area contributed by atoms with Crippen LogP contribution in [0, 0.1) is 0 Å². The predicted molar refractivity (Wildman–Crippen MR) is 143 cm³/mol. The lowest BCUT2D eigenvalue weighted by molar-refractivity contribution is 0.474. The lowest BCUT2D eigenvalue weighted by Gasteiger charge is -2.33. The zero-order valence-electron chi connectivity index (χ0n) is 19.5. The maximum absolute atomic E-state index is 9.88. The summed E-state index contributed by atoms with van der Waals surface area (Å²) in [5.74, 6) is 0.469. The molecule has 2 N–H and O–H groups in total. The van der Waals surface area contributed by atoms with Gasteiger partial charge in [0.1, 0.15) is 11.5 Å². The zero-order valence-corrected chi connectivity index (χ0v) is 19.5. The van der Waals surface area contributed by atoms with Gasteiger partial charge in [-0.2, -0.15) is 0 Å². The molecule has 0 unspecified atom stereocenters. The first-order valence-electron chi connectivity index (χ1n) is 11.7. The summed E-state index contributed by atoms with van der Waals surface area (Å²) in [5.41, 5.74) is 5.97. The van der Waals surface area contributed by atoms with E-state index in [4.69, 9.17) is 0 Å². The molecule has 35 heavy (non-hydrogen) atoms. The summed E-state index contributed by atoms with van der Waals surface area (Å²) in [5, 5.41) is 19.8. The van der Waals surface area contributed by atoms with Gasteiger partial charge in [0, 0.05) is 22.5 Å². The molecule has 0 aliphatic heterocycles. The van der Waals surface area contributed by atoms with E-state index >= 15 is 0 Å². The fourth-order valence-electron chi connectivity index (χ4n) is 4.63. The van der Waals surface area contributed by atoms with Crippen LogP contribution >= 0.6 is 0 Å². The molecule has 0 spiro atoms. The molecule has 0 aliphatic carbocycles. The Morgan fingerprint density at radius 3 is 1.11 bits per heavy atom. The van der Waals surface area contributed by atoms with Gasteiger partial charge in [0.25, 0.3) is 0 Å². The topological polar surface area (TPSA) is 43.7 Å². The first-order valence-corrected chi connectivity index (χ1v) is 11.7. The molecule has 5 aromatic carbocycles. The number of benzene rings is 5. The molecular formula is C32H27NO2. The maximum Gasteiger partial charge on any atom is 0.115 e. The Labute approximate surface area is 206 Å². The molecule has 0 radical (unpaired) electrons. The van der Waals surface area contributed by atoms with Crippen LogP contribution in [0.25, 0.3) is 0 Å². The number of nitrogens with zero attached hydrogens (tertiary/aromatic N) is 1. The molecule has 0 heterocycles. The summed E-state index contributed by atoms with van der Waals surface area (Å²) in [6.07, 6.45) is 0. The van der Waals surface area contributed by atoms with E-state index in [1.165, 1.54) is 0 Å². The van der Waals surface area contributed by atoms with E-state index in [9.17, 15) is 10.2 Å². The van der Waals surface area contributed by atoms with Crippen LogP contribution in [-0.4, -0.2) is 10.2 Å². The molecule has 0 amide bonds. The van der Waals surface area contributed by atoms with E-state index in [1.54, 1.807) is 24.3 Å². The first-order chi connectivity index (χ1) is 17.1. The SMILES string of the molecule is CC(c1ccc(O)cc1)(c1ccc(O)cc1)c1ccc(N(c2ccccc2)c2ccccc2)cc1. The molecule has 0 saturated carbocycles. The van der Waals surface area contributed by atoms with Crippen molar-refractivity contribution in [2.75, 3.05) is 4.90 Å². The average molecular weight is 458 g/mol. The third-order valence-corrected chi connectivity index (χ3v) is 6.62. The monoisotopic (exact) mass is 457 g/mol. The highest BCUT2D eigenvalue weighted by atomic mass is 16.3. The highest BCUT2D eigenvalue weighted by molar-refractivity contribution is 5.76. The quantitative estimate of drug-likeness (QED) is 0.255. The summed E-state index contributed by atoms with van der Waals surface area (Å²) >= 11 is 0. The van der Waals surface area contributed by atoms with Crippen LogP contribution in [0.4, 0.5) is 17.1 Å². The number of hydrogen-bond donors (Lipinski definition) is 2. The molecule has 5 rings (SSSR count). The second kappa shape index (κ2) is 9.40. The van der Waals surface area contributed by atoms with E-state index in [-0.39, 0.29) is 11.5 Å². The van der Waals surface area contributed by atoms with Crippen LogP contribution in [0.3, 0.4) is 0 Å². The lowest BCUT2D eigenvalue weighted by atomic mass is 9.71. The lowest BCUT2D eigenvalue weighted by Crippen LogP contribution is -2.25. The maximum atomic E-state index is 9.88. The minimum Gasteiger partial charge on any atom is -0.508 e. The van der Waals surface area contributed by atoms with Gasteiger partial charge >= 0.3 is 0 Å². The van der Waals surface area contributed by atoms with Crippen molar-refractivity contribution in [2.24, 2.45) is 0 Å². The second-order valence-electron chi connectivity index (χ2n) is 8.77. The van der Waals surface area contributed by atoms with Gasteiger partial charge in [-0.25, -0.2) is 0 Å². The smallest absolute Gasteiger partial charge is 0.115 e. The van der Waals surface area contributed by atoms with Gasteiger partial charge < -0.3 is 15.1 Å². The number of phenols is 2. The molecule has 0 aliphatic rings. The fraction of sp³-hybridized carbons (Fsp3) is 0.0625. The summed E-state index contributed by atoms with van der Waals surface area (Å²) in [7, 11) is 0. The summed E-state index contributed by atoms with van der Waals surface area (Å²) in [6, 6.07) is 44.0. The molecule has 0 fully saturated rings. The number of anilines is 3. The van der Waals surface area contributed by atoms with Crippen molar-refractivity contribution in [3.8, 4) is 11.5 Å². The van der Waals surface area contributed by atoms with Crippen LogP contribution < -0.4 is 4.90 Å². The summed E-state index contributed by atoms with van der Waals surface area (Å²) in [6.45, 7) is 2.17. The van der Waals surface area contributed by atoms with Gasteiger partial charge in [0.15, 0.2) is 0 Å². The molecule has 0 atom stereocenters. The van der Waals surface area contributed by atoms with Crippen molar-refractivity contribution in [1.29, 1.82) is 0 Å². The predicted octanol–water partition coefficient (Wildman–Crippen LogP) is 7.92. The molecule has 172 valence electrons. The highest BCUT2D eigenvalue weighted by Gasteiger charge is 2.31. The second-order valence-corrected chi connectivity index (χ2v) is 8.77. The highest BCUT2D eigenvalue weighted by Crippen LogP contribution is 2.41. The van der Waals surface area contributed by atoms with Crippen LogP contribution in [0.5, 0.6) is 11.5 Å². The van der Waals surface area contributed by atoms with Gasteiger partial charge in [-0.05, 0) is 84.3 Å². The Bertz CT molecular complexity index is 1290. The van der Waals surface area contributed by atoms with Crippen molar-refractivity contribution >= 4 is 17.1 Å². The van der Waals surface area contributed by atoms with Crippen molar-refractivity contribution < 1.29 is 10.2 Å². The van der Waals surface area contributed by atoms with Gasteiger partial charge in [-0.15, -0.1) is 0 Å². The fourth-order valence-corrected chi connectivity index (χ4v) is 4.63. The van der Waals surface area contributed by atoms with Crippen molar-refractivity contribution in [2.45, 2.75) is 12.3 Å². The number of para-hydroxylation sites is 2. The summed E-state index contributed by atoms with van der Waals surface area (Å²) < 4.78 is 0.